The van der Waals surface area contributed by atoms with Gasteiger partial charge in [0, 0.05) is 18.8 Å². The Labute approximate surface area is 147 Å². The Morgan fingerprint density at radius 3 is 2.64 bits per heavy atom. The number of carbonyl (C=O) groups excluding carboxylic acids is 2. The predicted molar refractivity (Wildman–Crippen MR) is 96.0 cm³/mol. The van der Waals surface area contributed by atoms with Gasteiger partial charge in [0.15, 0.2) is 0 Å². The average Bonchev–Trinajstić information content (AvgIpc) is 2.78. The van der Waals surface area contributed by atoms with E-state index in [1.807, 2.05) is 47.4 Å². The molecule has 1 aliphatic heterocycles. The first-order chi connectivity index (χ1) is 12.2. The fourth-order valence-electron chi connectivity index (χ4n) is 3.04. The SMILES string of the molecule is COC(=O)CC1Nc2ccccc2CN(CCc2ccccc2)C1=O. The highest BCUT2D eigenvalue weighted by Crippen LogP contribution is 2.24. The molecule has 0 aromatic heterocycles. The summed E-state index contributed by atoms with van der Waals surface area (Å²) in [7, 11) is 1.34. The van der Waals surface area contributed by atoms with Crippen molar-refractivity contribution in [3.05, 3.63) is 65.7 Å². The normalized spacial score (nSPS) is 16.6. The molecule has 2 aromatic rings. The number of carbonyl (C=O) groups is 2. The van der Waals surface area contributed by atoms with Gasteiger partial charge < -0.3 is 15.0 Å². The standard InChI is InChI=1S/C20H22N2O3/c1-25-19(23)13-18-20(24)22(12-11-15-7-3-2-4-8-15)14-16-9-5-6-10-17(16)21-18/h2-10,18,21H,11-14H2,1H3. The van der Waals surface area contributed by atoms with Gasteiger partial charge in [0.2, 0.25) is 5.91 Å². The van der Waals surface area contributed by atoms with E-state index in [0.29, 0.717) is 13.1 Å². The monoisotopic (exact) mass is 338 g/mol. The summed E-state index contributed by atoms with van der Waals surface area (Å²) in [4.78, 5) is 26.5. The minimum atomic E-state index is -0.605. The third-order valence-corrected chi connectivity index (χ3v) is 4.43. The Morgan fingerprint density at radius 1 is 1.16 bits per heavy atom. The molecule has 0 fully saturated rings. The highest BCUT2D eigenvalue weighted by Gasteiger charge is 2.30. The number of anilines is 1. The molecule has 0 radical (unpaired) electrons. The van der Waals surface area contributed by atoms with Crippen LogP contribution in [-0.2, 0) is 27.3 Å². The van der Waals surface area contributed by atoms with Gasteiger partial charge in [-0.2, -0.15) is 0 Å². The van der Waals surface area contributed by atoms with E-state index in [-0.39, 0.29) is 12.3 Å². The number of benzene rings is 2. The van der Waals surface area contributed by atoms with Crippen LogP contribution in [0.4, 0.5) is 5.69 Å². The number of rotatable bonds is 5. The van der Waals surface area contributed by atoms with Gasteiger partial charge >= 0.3 is 5.97 Å². The van der Waals surface area contributed by atoms with Crippen molar-refractivity contribution in [3.8, 4) is 0 Å². The van der Waals surface area contributed by atoms with E-state index in [1.54, 1.807) is 0 Å². The highest BCUT2D eigenvalue weighted by atomic mass is 16.5. The molecule has 0 spiro atoms. The molecule has 0 saturated heterocycles. The van der Waals surface area contributed by atoms with Crippen molar-refractivity contribution in [2.75, 3.05) is 19.0 Å². The lowest BCUT2D eigenvalue weighted by atomic mass is 10.1. The van der Waals surface area contributed by atoms with Gasteiger partial charge in [-0.05, 0) is 23.6 Å². The van der Waals surface area contributed by atoms with Crippen molar-refractivity contribution in [1.82, 2.24) is 4.90 Å². The second-order valence-electron chi connectivity index (χ2n) is 6.13. The maximum atomic E-state index is 12.9. The van der Waals surface area contributed by atoms with Gasteiger partial charge in [0.1, 0.15) is 6.04 Å². The summed E-state index contributed by atoms with van der Waals surface area (Å²) in [6.45, 7) is 1.14. The second kappa shape index (κ2) is 7.83. The molecule has 1 unspecified atom stereocenters. The molecule has 5 heteroatoms. The second-order valence-corrected chi connectivity index (χ2v) is 6.13. The molecular weight excluding hydrogens is 316 g/mol. The summed E-state index contributed by atoms with van der Waals surface area (Å²) < 4.78 is 4.74. The van der Waals surface area contributed by atoms with Crippen LogP contribution in [-0.4, -0.2) is 36.5 Å². The zero-order valence-electron chi connectivity index (χ0n) is 14.3. The Balaban J connectivity index is 1.80. The van der Waals surface area contributed by atoms with E-state index < -0.39 is 12.0 Å². The highest BCUT2D eigenvalue weighted by molar-refractivity contribution is 5.90. The first-order valence-corrected chi connectivity index (χ1v) is 8.41. The molecule has 1 heterocycles. The Kier molecular flexibility index (Phi) is 5.33. The Bertz CT molecular complexity index is 746. The van der Waals surface area contributed by atoms with E-state index in [4.69, 9.17) is 4.74 Å². The fraction of sp³-hybridized carbons (Fsp3) is 0.300. The molecule has 0 aliphatic carbocycles. The molecule has 130 valence electrons. The summed E-state index contributed by atoms with van der Waals surface area (Å²) in [6.07, 6.45) is 0.797. The number of methoxy groups -OCH3 is 1. The van der Waals surface area contributed by atoms with Crippen molar-refractivity contribution in [3.63, 3.8) is 0 Å². The predicted octanol–water partition coefficient (Wildman–Crippen LogP) is 2.62. The molecule has 2 aromatic carbocycles. The number of nitrogens with zero attached hydrogens (tertiary/aromatic N) is 1. The van der Waals surface area contributed by atoms with Crippen molar-refractivity contribution in [2.24, 2.45) is 0 Å². The third kappa shape index (κ3) is 4.18. The number of fused-ring (bicyclic) bond motifs is 1. The topological polar surface area (TPSA) is 58.6 Å². The van der Waals surface area contributed by atoms with E-state index >= 15 is 0 Å². The van der Waals surface area contributed by atoms with Crippen molar-refractivity contribution >= 4 is 17.6 Å². The van der Waals surface area contributed by atoms with E-state index in [0.717, 1.165) is 17.7 Å². The first-order valence-electron chi connectivity index (χ1n) is 8.41. The molecule has 0 saturated carbocycles. The Hall–Kier alpha value is -2.82. The lowest BCUT2D eigenvalue weighted by Gasteiger charge is -2.24. The van der Waals surface area contributed by atoms with Gasteiger partial charge in [-0.15, -0.1) is 0 Å². The molecule has 1 atom stereocenters. The minimum Gasteiger partial charge on any atom is -0.469 e. The lowest BCUT2D eigenvalue weighted by molar-refractivity contribution is -0.144. The number of para-hydroxylation sites is 1. The van der Waals surface area contributed by atoms with Crippen LogP contribution in [0.2, 0.25) is 0 Å². The molecule has 5 nitrogen and oxygen atoms in total. The summed E-state index contributed by atoms with van der Waals surface area (Å²) in [5.41, 5.74) is 3.13. The molecule has 1 aliphatic rings. The fourth-order valence-corrected chi connectivity index (χ4v) is 3.04. The van der Waals surface area contributed by atoms with Crippen LogP contribution in [0.15, 0.2) is 54.6 Å². The van der Waals surface area contributed by atoms with Crippen LogP contribution in [0.3, 0.4) is 0 Å². The van der Waals surface area contributed by atoms with Crippen molar-refractivity contribution < 1.29 is 14.3 Å². The smallest absolute Gasteiger partial charge is 0.308 e. The lowest BCUT2D eigenvalue weighted by Crippen LogP contribution is -2.42. The number of hydrogen-bond donors (Lipinski definition) is 1. The summed E-state index contributed by atoms with van der Waals surface area (Å²) in [6, 6.07) is 17.3. The maximum Gasteiger partial charge on any atom is 0.308 e. The van der Waals surface area contributed by atoms with Crippen LogP contribution < -0.4 is 5.32 Å². The maximum absolute atomic E-state index is 12.9. The quantitative estimate of drug-likeness (QED) is 0.852. The molecule has 1 N–H and O–H groups in total. The molecular formula is C20H22N2O3. The molecule has 3 rings (SSSR count). The molecule has 1 amide bonds. The number of ether oxygens (including phenoxy) is 1. The van der Waals surface area contributed by atoms with E-state index in [2.05, 4.69) is 17.4 Å². The largest absolute Gasteiger partial charge is 0.469 e. The zero-order chi connectivity index (χ0) is 17.6. The number of esters is 1. The van der Waals surface area contributed by atoms with Gasteiger partial charge in [-0.25, -0.2) is 0 Å². The summed E-state index contributed by atoms with van der Waals surface area (Å²) in [5, 5.41) is 3.21. The summed E-state index contributed by atoms with van der Waals surface area (Å²) >= 11 is 0. The number of hydrogen-bond acceptors (Lipinski definition) is 4. The zero-order valence-corrected chi connectivity index (χ0v) is 14.3. The first kappa shape index (κ1) is 17.0. The van der Waals surface area contributed by atoms with Gasteiger partial charge in [0.05, 0.1) is 13.5 Å². The van der Waals surface area contributed by atoms with Gasteiger partial charge in [0.25, 0.3) is 0 Å². The van der Waals surface area contributed by atoms with Crippen LogP contribution >= 0.6 is 0 Å². The van der Waals surface area contributed by atoms with Crippen LogP contribution in [0.25, 0.3) is 0 Å². The Morgan fingerprint density at radius 2 is 1.88 bits per heavy atom. The number of nitrogens with one attached hydrogen (secondary N) is 1. The molecule has 25 heavy (non-hydrogen) atoms. The van der Waals surface area contributed by atoms with E-state index in [9.17, 15) is 9.59 Å². The van der Waals surface area contributed by atoms with Crippen LogP contribution in [0, 0.1) is 0 Å². The van der Waals surface area contributed by atoms with Crippen LogP contribution in [0.1, 0.15) is 17.5 Å². The van der Waals surface area contributed by atoms with Crippen molar-refractivity contribution in [2.45, 2.75) is 25.4 Å². The van der Waals surface area contributed by atoms with Crippen molar-refractivity contribution in [1.29, 1.82) is 0 Å². The van der Waals surface area contributed by atoms with Gasteiger partial charge in [-0.1, -0.05) is 48.5 Å². The van der Waals surface area contributed by atoms with E-state index in [1.165, 1.54) is 12.7 Å². The summed E-state index contributed by atoms with van der Waals surface area (Å²) in [5.74, 6) is -0.467. The van der Waals surface area contributed by atoms with Gasteiger partial charge in [-0.3, -0.25) is 9.59 Å². The molecule has 0 bridgehead atoms. The average molecular weight is 338 g/mol. The van der Waals surface area contributed by atoms with Crippen LogP contribution in [0.5, 0.6) is 0 Å². The minimum absolute atomic E-state index is 0.0193. The number of amides is 1. The third-order valence-electron chi connectivity index (χ3n) is 4.43.